The maximum absolute atomic E-state index is 11.5. The van der Waals surface area contributed by atoms with Crippen LogP contribution in [0.5, 0.6) is 0 Å². The molecule has 0 saturated carbocycles. The molecule has 8 heteroatoms. The highest BCUT2D eigenvalue weighted by atomic mass is 32.2. The van der Waals surface area contributed by atoms with Crippen molar-refractivity contribution in [3.05, 3.63) is 0 Å². The zero-order chi connectivity index (χ0) is 21.1. The van der Waals surface area contributed by atoms with Gasteiger partial charge in [0.2, 0.25) is 5.91 Å². The molecule has 168 valence electrons. The van der Waals surface area contributed by atoms with Gasteiger partial charge in [-0.05, 0) is 36.7 Å². The van der Waals surface area contributed by atoms with Crippen molar-refractivity contribution in [1.29, 1.82) is 0 Å². The number of unbranched alkanes of at least 4 members (excludes halogenated alkanes) is 9. The Morgan fingerprint density at radius 1 is 1.00 bits per heavy atom. The van der Waals surface area contributed by atoms with Crippen molar-refractivity contribution in [3.8, 4) is 0 Å². The monoisotopic (exact) mass is 439 g/mol. The molecule has 1 unspecified atom stereocenters. The summed E-state index contributed by atoms with van der Waals surface area (Å²) in [5.74, 6) is 2.33. The van der Waals surface area contributed by atoms with Crippen LogP contribution in [0, 0.1) is 5.92 Å². The molecule has 0 aliphatic heterocycles. The van der Waals surface area contributed by atoms with Crippen LogP contribution in [-0.4, -0.2) is 40.4 Å². The lowest BCUT2D eigenvalue weighted by atomic mass is 10.1. The van der Waals surface area contributed by atoms with Crippen LogP contribution in [0.25, 0.3) is 0 Å². The number of rotatable bonds is 20. The van der Waals surface area contributed by atoms with Crippen molar-refractivity contribution in [2.45, 2.75) is 90.9 Å². The normalized spacial score (nSPS) is 12.9. The molecule has 0 heterocycles. The fourth-order valence-corrected chi connectivity index (χ4v) is 4.30. The standard InChI is InChI=1S/C20H42NO5PS/c1-3-4-14-20(22)21-15-12-10-8-6-5-7-9-11-13-16-28-18-19(2)17-26-27(23,24)25/h19H,3-18H2,1-2H3,(H,21,22)(H2,23,24,25). The number of hydrogen-bond donors (Lipinski definition) is 3. The smallest absolute Gasteiger partial charge is 0.356 e. The van der Waals surface area contributed by atoms with E-state index in [0.29, 0.717) is 6.42 Å². The Morgan fingerprint density at radius 2 is 1.57 bits per heavy atom. The van der Waals surface area contributed by atoms with E-state index in [9.17, 15) is 9.36 Å². The Labute approximate surface area is 176 Å². The van der Waals surface area contributed by atoms with Gasteiger partial charge in [-0.15, -0.1) is 0 Å². The van der Waals surface area contributed by atoms with E-state index in [1.807, 2.05) is 18.7 Å². The molecule has 0 fully saturated rings. The van der Waals surface area contributed by atoms with E-state index < -0.39 is 7.82 Å². The molecular weight excluding hydrogens is 397 g/mol. The second kappa shape index (κ2) is 18.9. The highest BCUT2D eigenvalue weighted by Gasteiger charge is 2.15. The molecule has 6 nitrogen and oxygen atoms in total. The molecule has 0 spiro atoms. The molecule has 0 aliphatic carbocycles. The number of carbonyl (C=O) groups is 1. The van der Waals surface area contributed by atoms with E-state index >= 15 is 0 Å². The van der Waals surface area contributed by atoms with Crippen molar-refractivity contribution in [3.63, 3.8) is 0 Å². The first kappa shape index (κ1) is 27.9. The second-order valence-corrected chi connectivity index (χ2v) is 9.99. The molecular formula is C20H42NO5PS. The third kappa shape index (κ3) is 22.2. The average molecular weight is 440 g/mol. The van der Waals surface area contributed by atoms with Gasteiger partial charge in [0.25, 0.3) is 0 Å². The minimum absolute atomic E-state index is 0.114. The first-order valence-electron chi connectivity index (χ1n) is 10.9. The number of thioether (sulfide) groups is 1. The van der Waals surface area contributed by atoms with Crippen molar-refractivity contribution < 1.29 is 23.7 Å². The van der Waals surface area contributed by atoms with Crippen LogP contribution < -0.4 is 5.32 Å². The summed E-state index contributed by atoms with van der Waals surface area (Å²) in [7, 11) is -4.33. The van der Waals surface area contributed by atoms with Gasteiger partial charge in [-0.3, -0.25) is 9.32 Å². The fourth-order valence-electron chi connectivity index (χ4n) is 2.78. The summed E-state index contributed by atoms with van der Waals surface area (Å²) >= 11 is 1.83. The SMILES string of the molecule is CCCCC(=O)NCCCCCCCCCCCSCC(C)COP(=O)(O)O. The van der Waals surface area contributed by atoms with Gasteiger partial charge in [0.05, 0.1) is 6.61 Å². The van der Waals surface area contributed by atoms with Gasteiger partial charge in [-0.25, -0.2) is 4.57 Å². The van der Waals surface area contributed by atoms with E-state index in [2.05, 4.69) is 16.8 Å². The maximum Gasteiger partial charge on any atom is 0.469 e. The first-order valence-corrected chi connectivity index (χ1v) is 13.6. The number of amides is 1. The van der Waals surface area contributed by atoms with Crippen LogP contribution in [0.1, 0.15) is 90.9 Å². The average Bonchev–Trinajstić information content (AvgIpc) is 2.64. The number of nitrogens with one attached hydrogen (secondary N) is 1. The predicted octanol–water partition coefficient (Wildman–Crippen LogP) is 5.28. The Bertz CT molecular complexity index is 419. The highest BCUT2D eigenvalue weighted by Crippen LogP contribution is 2.36. The van der Waals surface area contributed by atoms with Gasteiger partial charge in [0, 0.05) is 13.0 Å². The third-order valence-corrected chi connectivity index (χ3v) is 6.34. The molecule has 1 amide bonds. The second-order valence-electron chi connectivity index (χ2n) is 7.60. The summed E-state index contributed by atoms with van der Waals surface area (Å²) in [4.78, 5) is 28.8. The lowest BCUT2D eigenvalue weighted by Gasteiger charge is -2.12. The Morgan fingerprint density at radius 3 is 2.14 bits per heavy atom. The lowest BCUT2D eigenvalue weighted by molar-refractivity contribution is -0.121. The zero-order valence-electron chi connectivity index (χ0n) is 17.9. The molecule has 28 heavy (non-hydrogen) atoms. The van der Waals surface area contributed by atoms with Crippen molar-refractivity contribution >= 4 is 25.5 Å². The highest BCUT2D eigenvalue weighted by molar-refractivity contribution is 7.99. The first-order chi connectivity index (χ1) is 13.3. The van der Waals surface area contributed by atoms with Crippen molar-refractivity contribution in [2.75, 3.05) is 24.7 Å². The van der Waals surface area contributed by atoms with Crippen LogP contribution >= 0.6 is 19.6 Å². The van der Waals surface area contributed by atoms with Crippen LogP contribution in [0.2, 0.25) is 0 Å². The lowest BCUT2D eigenvalue weighted by Crippen LogP contribution is -2.23. The topological polar surface area (TPSA) is 95.9 Å². The van der Waals surface area contributed by atoms with Gasteiger partial charge in [0.1, 0.15) is 0 Å². The van der Waals surface area contributed by atoms with Crippen LogP contribution in [-0.2, 0) is 13.9 Å². The van der Waals surface area contributed by atoms with E-state index in [0.717, 1.165) is 37.3 Å². The van der Waals surface area contributed by atoms with Gasteiger partial charge in [0.15, 0.2) is 0 Å². The largest absolute Gasteiger partial charge is 0.469 e. The molecule has 0 aromatic heterocycles. The summed E-state index contributed by atoms with van der Waals surface area (Å²) in [6.07, 6.45) is 13.9. The van der Waals surface area contributed by atoms with E-state index in [4.69, 9.17) is 9.79 Å². The molecule has 3 N–H and O–H groups in total. The number of phosphoric acid groups is 1. The summed E-state index contributed by atoms with van der Waals surface area (Å²) in [6.45, 7) is 4.99. The zero-order valence-corrected chi connectivity index (χ0v) is 19.6. The minimum Gasteiger partial charge on any atom is -0.356 e. The van der Waals surface area contributed by atoms with Gasteiger partial charge in [-0.2, -0.15) is 11.8 Å². The summed E-state index contributed by atoms with van der Waals surface area (Å²) in [5, 5.41) is 2.99. The number of phosphoric ester groups is 1. The Hall–Kier alpha value is -0.0700. The molecule has 0 rings (SSSR count). The molecule has 0 aromatic carbocycles. The number of carbonyl (C=O) groups excluding carboxylic acids is 1. The van der Waals surface area contributed by atoms with E-state index in [1.54, 1.807) is 0 Å². The molecule has 0 bridgehead atoms. The Kier molecular flexibility index (Phi) is 18.9. The molecule has 0 aromatic rings. The predicted molar refractivity (Wildman–Crippen MR) is 119 cm³/mol. The maximum atomic E-state index is 11.5. The van der Waals surface area contributed by atoms with Gasteiger partial charge >= 0.3 is 7.82 Å². The quantitative estimate of drug-likeness (QED) is 0.176. The molecule has 0 saturated heterocycles. The number of hydrogen-bond acceptors (Lipinski definition) is 4. The molecule has 1 atom stereocenters. The fraction of sp³-hybridized carbons (Fsp3) is 0.950. The molecule has 0 radical (unpaired) electrons. The minimum atomic E-state index is -4.33. The van der Waals surface area contributed by atoms with Crippen molar-refractivity contribution in [1.82, 2.24) is 5.32 Å². The van der Waals surface area contributed by atoms with Crippen LogP contribution in [0.3, 0.4) is 0 Å². The summed E-state index contributed by atoms with van der Waals surface area (Å²) in [6, 6.07) is 0. The van der Waals surface area contributed by atoms with E-state index in [-0.39, 0.29) is 18.4 Å². The van der Waals surface area contributed by atoms with Gasteiger partial charge in [-0.1, -0.05) is 65.2 Å². The third-order valence-electron chi connectivity index (χ3n) is 4.47. The summed E-state index contributed by atoms with van der Waals surface area (Å²) in [5.41, 5.74) is 0. The van der Waals surface area contributed by atoms with Crippen molar-refractivity contribution in [2.24, 2.45) is 5.92 Å². The summed E-state index contributed by atoms with van der Waals surface area (Å²) < 4.78 is 15.1. The van der Waals surface area contributed by atoms with E-state index in [1.165, 1.54) is 51.4 Å². The van der Waals surface area contributed by atoms with Crippen LogP contribution in [0.15, 0.2) is 0 Å². The van der Waals surface area contributed by atoms with Crippen LogP contribution in [0.4, 0.5) is 0 Å². The molecule has 0 aliphatic rings. The van der Waals surface area contributed by atoms with Gasteiger partial charge < -0.3 is 15.1 Å². The Balaban J connectivity index is 3.22.